The van der Waals surface area contributed by atoms with E-state index in [4.69, 9.17) is 4.74 Å². The van der Waals surface area contributed by atoms with Crippen molar-refractivity contribution in [2.45, 2.75) is 25.9 Å². The molecule has 1 aliphatic heterocycles. The number of rotatable bonds is 4. The highest BCUT2D eigenvalue weighted by Gasteiger charge is 2.24. The summed E-state index contributed by atoms with van der Waals surface area (Å²) in [6, 6.07) is 18.0. The SMILES string of the molecule is Cc1cnn(-c2ccccc2)c1NC(=O)C[C@@H]1OCCc2ccccc21. The molecule has 1 aromatic heterocycles. The van der Waals surface area contributed by atoms with Crippen molar-refractivity contribution in [2.24, 2.45) is 0 Å². The molecule has 0 aliphatic carbocycles. The second-order valence-corrected chi connectivity index (χ2v) is 6.48. The van der Waals surface area contributed by atoms with Crippen molar-refractivity contribution in [3.8, 4) is 5.69 Å². The normalized spacial score (nSPS) is 16.1. The largest absolute Gasteiger partial charge is 0.373 e. The van der Waals surface area contributed by atoms with E-state index >= 15 is 0 Å². The first-order valence-electron chi connectivity index (χ1n) is 8.81. The first-order valence-corrected chi connectivity index (χ1v) is 8.81. The van der Waals surface area contributed by atoms with E-state index in [2.05, 4.69) is 16.5 Å². The Morgan fingerprint density at radius 1 is 1.19 bits per heavy atom. The molecule has 0 saturated heterocycles. The van der Waals surface area contributed by atoms with Crippen LogP contribution in [-0.2, 0) is 16.0 Å². The molecule has 1 amide bonds. The van der Waals surface area contributed by atoms with Gasteiger partial charge in [-0.15, -0.1) is 0 Å². The number of nitrogens with zero attached hydrogens (tertiary/aromatic N) is 2. The van der Waals surface area contributed by atoms with Crippen molar-refractivity contribution in [3.05, 3.63) is 77.5 Å². The van der Waals surface area contributed by atoms with Gasteiger partial charge in [0.05, 0.1) is 31.0 Å². The number of hydrogen-bond donors (Lipinski definition) is 1. The maximum absolute atomic E-state index is 12.7. The molecular formula is C21H21N3O2. The number of ether oxygens (including phenoxy) is 1. The molecule has 5 heteroatoms. The van der Waals surface area contributed by atoms with E-state index in [0.29, 0.717) is 12.4 Å². The van der Waals surface area contributed by atoms with E-state index in [1.54, 1.807) is 10.9 Å². The van der Waals surface area contributed by atoms with Gasteiger partial charge in [-0.1, -0.05) is 42.5 Å². The van der Waals surface area contributed by atoms with Crippen molar-refractivity contribution in [3.63, 3.8) is 0 Å². The number of nitrogens with one attached hydrogen (secondary N) is 1. The molecule has 3 aromatic rings. The zero-order valence-corrected chi connectivity index (χ0v) is 14.7. The van der Waals surface area contributed by atoms with E-state index in [9.17, 15) is 4.79 Å². The number of carbonyl (C=O) groups is 1. The third kappa shape index (κ3) is 3.26. The topological polar surface area (TPSA) is 56.2 Å². The third-order valence-corrected chi connectivity index (χ3v) is 4.67. The summed E-state index contributed by atoms with van der Waals surface area (Å²) in [5.41, 5.74) is 4.21. The molecular weight excluding hydrogens is 326 g/mol. The van der Waals surface area contributed by atoms with Crippen LogP contribution in [0, 0.1) is 6.92 Å². The Hall–Kier alpha value is -2.92. The number of para-hydroxylation sites is 1. The molecule has 0 unspecified atom stereocenters. The number of benzene rings is 2. The van der Waals surface area contributed by atoms with Crippen molar-refractivity contribution in [2.75, 3.05) is 11.9 Å². The lowest BCUT2D eigenvalue weighted by Gasteiger charge is -2.25. The summed E-state index contributed by atoms with van der Waals surface area (Å²) < 4.78 is 7.61. The van der Waals surface area contributed by atoms with Gasteiger partial charge in [-0.2, -0.15) is 5.10 Å². The summed E-state index contributed by atoms with van der Waals surface area (Å²) in [6.07, 6.45) is 2.74. The van der Waals surface area contributed by atoms with Gasteiger partial charge in [0.15, 0.2) is 0 Å². The highest BCUT2D eigenvalue weighted by Crippen LogP contribution is 2.30. The maximum Gasteiger partial charge on any atom is 0.228 e. The minimum atomic E-state index is -0.201. The van der Waals surface area contributed by atoms with Crippen LogP contribution >= 0.6 is 0 Å². The van der Waals surface area contributed by atoms with Crippen LogP contribution in [0.1, 0.15) is 29.2 Å². The average molecular weight is 347 g/mol. The van der Waals surface area contributed by atoms with Gasteiger partial charge in [0.2, 0.25) is 5.91 Å². The minimum Gasteiger partial charge on any atom is -0.373 e. The summed E-state index contributed by atoms with van der Waals surface area (Å²) in [4.78, 5) is 12.7. The molecule has 2 heterocycles. The van der Waals surface area contributed by atoms with Gasteiger partial charge >= 0.3 is 0 Å². The van der Waals surface area contributed by atoms with Gasteiger partial charge in [0, 0.05) is 5.56 Å². The zero-order chi connectivity index (χ0) is 17.9. The number of amides is 1. The standard InChI is InChI=1S/C21H21N3O2/c1-15-14-22-24(17-8-3-2-4-9-17)21(15)23-20(25)13-19-18-10-6-5-7-16(18)11-12-26-19/h2-10,14,19H,11-13H2,1H3,(H,23,25)/t19-/m0/s1. The Balaban J connectivity index is 1.53. The minimum absolute atomic E-state index is 0.0764. The van der Waals surface area contributed by atoms with Gasteiger partial charge in [-0.3, -0.25) is 4.79 Å². The van der Waals surface area contributed by atoms with E-state index in [-0.39, 0.29) is 18.4 Å². The van der Waals surface area contributed by atoms with E-state index in [0.717, 1.165) is 23.2 Å². The van der Waals surface area contributed by atoms with Crippen LogP contribution in [-0.4, -0.2) is 22.3 Å². The lowest BCUT2D eigenvalue weighted by molar-refractivity contribution is -0.119. The fourth-order valence-electron chi connectivity index (χ4n) is 3.34. The highest BCUT2D eigenvalue weighted by atomic mass is 16.5. The van der Waals surface area contributed by atoms with Crippen LogP contribution in [0.15, 0.2) is 60.8 Å². The number of carbonyl (C=O) groups excluding carboxylic acids is 1. The summed E-state index contributed by atoms with van der Waals surface area (Å²) in [5.74, 6) is 0.623. The number of hydrogen-bond acceptors (Lipinski definition) is 3. The van der Waals surface area contributed by atoms with E-state index in [1.165, 1.54) is 5.56 Å². The lowest BCUT2D eigenvalue weighted by atomic mass is 9.95. The second kappa shape index (κ2) is 7.14. The first-order chi connectivity index (χ1) is 12.7. The molecule has 2 aromatic carbocycles. The molecule has 132 valence electrons. The predicted molar refractivity (Wildman–Crippen MR) is 100 cm³/mol. The van der Waals surface area contributed by atoms with Gasteiger partial charge in [-0.05, 0) is 36.6 Å². The van der Waals surface area contributed by atoms with Crippen molar-refractivity contribution < 1.29 is 9.53 Å². The van der Waals surface area contributed by atoms with Crippen LogP contribution in [0.25, 0.3) is 5.69 Å². The number of aromatic nitrogens is 2. The summed E-state index contributed by atoms with van der Waals surface area (Å²) in [6.45, 7) is 2.59. The summed E-state index contributed by atoms with van der Waals surface area (Å²) in [7, 11) is 0. The van der Waals surface area contributed by atoms with Crippen LogP contribution in [0.3, 0.4) is 0 Å². The molecule has 0 fully saturated rings. The summed E-state index contributed by atoms with van der Waals surface area (Å²) in [5, 5.41) is 7.41. The third-order valence-electron chi connectivity index (χ3n) is 4.67. The van der Waals surface area contributed by atoms with Gasteiger partial charge in [0.1, 0.15) is 5.82 Å². The lowest BCUT2D eigenvalue weighted by Crippen LogP contribution is -2.23. The maximum atomic E-state index is 12.7. The summed E-state index contributed by atoms with van der Waals surface area (Å²) >= 11 is 0. The Labute approximate surface area is 152 Å². The van der Waals surface area contributed by atoms with Crippen molar-refractivity contribution in [1.82, 2.24) is 9.78 Å². The molecule has 1 N–H and O–H groups in total. The zero-order valence-electron chi connectivity index (χ0n) is 14.7. The van der Waals surface area contributed by atoms with Crippen LogP contribution in [0.5, 0.6) is 0 Å². The van der Waals surface area contributed by atoms with Crippen molar-refractivity contribution in [1.29, 1.82) is 0 Å². The van der Waals surface area contributed by atoms with Crippen LogP contribution < -0.4 is 5.32 Å². The van der Waals surface area contributed by atoms with Crippen LogP contribution in [0.2, 0.25) is 0 Å². The quantitative estimate of drug-likeness (QED) is 0.780. The second-order valence-electron chi connectivity index (χ2n) is 6.48. The predicted octanol–water partition coefficient (Wildman–Crippen LogP) is 3.82. The van der Waals surface area contributed by atoms with Crippen LogP contribution in [0.4, 0.5) is 5.82 Å². The van der Waals surface area contributed by atoms with E-state index in [1.807, 2.05) is 55.5 Å². The Bertz CT molecular complexity index is 918. The van der Waals surface area contributed by atoms with Gasteiger partial charge in [0.25, 0.3) is 0 Å². The molecule has 5 nitrogen and oxygen atoms in total. The molecule has 4 rings (SSSR count). The van der Waals surface area contributed by atoms with Crippen molar-refractivity contribution >= 4 is 11.7 Å². The van der Waals surface area contributed by atoms with Gasteiger partial charge in [-0.25, -0.2) is 4.68 Å². The van der Waals surface area contributed by atoms with Gasteiger partial charge < -0.3 is 10.1 Å². The fourth-order valence-corrected chi connectivity index (χ4v) is 3.34. The smallest absolute Gasteiger partial charge is 0.228 e. The molecule has 26 heavy (non-hydrogen) atoms. The first kappa shape index (κ1) is 16.5. The number of fused-ring (bicyclic) bond motifs is 1. The molecule has 0 bridgehead atoms. The monoisotopic (exact) mass is 347 g/mol. The Morgan fingerprint density at radius 2 is 1.96 bits per heavy atom. The highest BCUT2D eigenvalue weighted by molar-refractivity contribution is 5.91. The Kier molecular flexibility index (Phi) is 4.54. The molecule has 0 spiro atoms. The fraction of sp³-hybridized carbons (Fsp3) is 0.238. The van der Waals surface area contributed by atoms with E-state index < -0.39 is 0 Å². The molecule has 1 atom stereocenters. The average Bonchev–Trinajstić information content (AvgIpc) is 3.03. The molecule has 1 aliphatic rings. The Morgan fingerprint density at radius 3 is 2.81 bits per heavy atom. The number of anilines is 1. The molecule has 0 saturated carbocycles. The molecule has 0 radical (unpaired) electrons. The number of aryl methyl sites for hydroxylation is 1.